The van der Waals surface area contributed by atoms with Gasteiger partial charge >= 0.3 is 0 Å². The number of thiocarbonyl (C=S) groups is 1. The molecule has 1 rings (SSSR count). The van der Waals surface area contributed by atoms with Gasteiger partial charge in [-0.25, -0.2) is 0 Å². The number of nitrogens with one attached hydrogen (secondary N) is 1. The van der Waals surface area contributed by atoms with Crippen LogP contribution in [0.2, 0.25) is 5.02 Å². The lowest BCUT2D eigenvalue weighted by molar-refractivity contribution is 0.0917. The zero-order chi connectivity index (χ0) is 14.6. The molecule has 0 aliphatic heterocycles. The summed E-state index contributed by atoms with van der Waals surface area (Å²) in [5, 5.41) is 12.9. The predicted octanol–water partition coefficient (Wildman–Crippen LogP) is 2.62. The van der Waals surface area contributed by atoms with E-state index >= 15 is 0 Å². The Bertz CT molecular complexity index is 501. The van der Waals surface area contributed by atoms with E-state index in [4.69, 9.17) is 29.6 Å². The Balaban J connectivity index is 3.04. The molecular weight excluding hydrogens is 284 g/mol. The van der Waals surface area contributed by atoms with Crippen molar-refractivity contribution in [2.75, 3.05) is 0 Å². The molecule has 1 amide bonds. The first-order valence-electron chi connectivity index (χ1n) is 5.97. The van der Waals surface area contributed by atoms with Gasteiger partial charge in [-0.15, -0.1) is 0 Å². The molecule has 0 radical (unpaired) electrons. The highest BCUT2D eigenvalue weighted by atomic mass is 35.5. The molecule has 4 nitrogen and oxygen atoms in total. The molecule has 0 atom stereocenters. The molecule has 0 saturated heterocycles. The first kappa shape index (κ1) is 15.7. The highest BCUT2D eigenvalue weighted by Crippen LogP contribution is 2.23. The summed E-state index contributed by atoms with van der Waals surface area (Å²) in [6.45, 7) is 3.79. The Hall–Kier alpha value is -1.33. The third kappa shape index (κ3) is 3.36. The maximum Gasteiger partial charge on any atom is 0.255 e. The Morgan fingerprint density at radius 1 is 1.47 bits per heavy atom. The summed E-state index contributed by atoms with van der Waals surface area (Å²) >= 11 is 10.8. The molecule has 1 aromatic carbocycles. The van der Waals surface area contributed by atoms with Crippen molar-refractivity contribution >= 4 is 34.7 Å². The Kier molecular flexibility index (Phi) is 5.14. The minimum Gasteiger partial charge on any atom is -0.507 e. The number of benzene rings is 1. The van der Waals surface area contributed by atoms with Gasteiger partial charge in [-0.1, -0.05) is 37.7 Å². The average molecular weight is 301 g/mol. The standard InChI is InChI=1S/C13H17ClN2O2S/c1-3-13(4-2,12(15)19)16-11(18)9-6-5-8(14)7-10(9)17/h5-7,17H,3-4H2,1-2H3,(H2,15,19)(H,16,18). The van der Waals surface area contributed by atoms with Crippen LogP contribution in [0.1, 0.15) is 37.0 Å². The van der Waals surface area contributed by atoms with Crippen molar-refractivity contribution in [3.05, 3.63) is 28.8 Å². The smallest absolute Gasteiger partial charge is 0.255 e. The predicted molar refractivity (Wildman–Crippen MR) is 80.7 cm³/mol. The summed E-state index contributed by atoms with van der Waals surface area (Å²) in [5.41, 5.74) is 5.12. The molecular formula is C13H17ClN2O2S. The van der Waals surface area contributed by atoms with Gasteiger partial charge in [0.15, 0.2) is 0 Å². The molecule has 0 aliphatic rings. The van der Waals surface area contributed by atoms with E-state index < -0.39 is 11.4 Å². The average Bonchev–Trinajstić information content (AvgIpc) is 2.35. The van der Waals surface area contributed by atoms with Crippen molar-refractivity contribution in [2.24, 2.45) is 5.73 Å². The summed E-state index contributed by atoms with van der Waals surface area (Å²) in [5.74, 6) is -0.597. The zero-order valence-electron chi connectivity index (χ0n) is 10.9. The van der Waals surface area contributed by atoms with Gasteiger partial charge < -0.3 is 16.2 Å². The van der Waals surface area contributed by atoms with Crippen LogP contribution in [-0.2, 0) is 0 Å². The third-order valence-corrected chi connectivity index (χ3v) is 3.86. The molecule has 6 heteroatoms. The maximum absolute atomic E-state index is 12.2. The van der Waals surface area contributed by atoms with Crippen molar-refractivity contribution in [3.8, 4) is 5.75 Å². The number of rotatable bonds is 5. The quantitative estimate of drug-likeness (QED) is 0.731. The molecule has 0 unspecified atom stereocenters. The van der Waals surface area contributed by atoms with Gasteiger partial charge in [0.2, 0.25) is 0 Å². The van der Waals surface area contributed by atoms with Crippen molar-refractivity contribution in [2.45, 2.75) is 32.2 Å². The van der Waals surface area contributed by atoms with Gasteiger partial charge in [0, 0.05) is 5.02 Å². The van der Waals surface area contributed by atoms with Gasteiger partial charge in [-0.3, -0.25) is 4.79 Å². The number of nitrogens with two attached hydrogens (primary N) is 1. The van der Waals surface area contributed by atoms with E-state index in [1.54, 1.807) is 0 Å². The second-order valence-corrected chi connectivity index (χ2v) is 5.15. The summed E-state index contributed by atoms with van der Waals surface area (Å²) in [7, 11) is 0. The molecule has 0 saturated carbocycles. The van der Waals surface area contributed by atoms with Gasteiger partial charge in [0.25, 0.3) is 5.91 Å². The molecule has 19 heavy (non-hydrogen) atoms. The number of amides is 1. The number of hydrogen-bond donors (Lipinski definition) is 3. The topological polar surface area (TPSA) is 75.3 Å². The van der Waals surface area contributed by atoms with Crippen molar-refractivity contribution in [1.82, 2.24) is 5.32 Å². The molecule has 1 aromatic rings. The van der Waals surface area contributed by atoms with Crippen LogP contribution < -0.4 is 11.1 Å². The van der Waals surface area contributed by atoms with Crippen LogP contribution in [0.3, 0.4) is 0 Å². The Labute approximate surface area is 122 Å². The summed E-state index contributed by atoms with van der Waals surface area (Å²) in [6.07, 6.45) is 1.16. The largest absolute Gasteiger partial charge is 0.507 e. The summed E-state index contributed by atoms with van der Waals surface area (Å²) in [4.78, 5) is 12.4. The lowest BCUT2D eigenvalue weighted by Crippen LogP contribution is -2.55. The number of phenols is 1. The molecule has 0 spiro atoms. The van der Waals surface area contributed by atoms with Gasteiger partial charge in [-0.2, -0.15) is 0 Å². The number of carbonyl (C=O) groups excluding carboxylic acids is 1. The van der Waals surface area contributed by atoms with Gasteiger partial charge in [-0.05, 0) is 31.0 Å². The van der Waals surface area contributed by atoms with Crippen LogP contribution in [-0.4, -0.2) is 21.5 Å². The molecule has 4 N–H and O–H groups in total. The highest BCUT2D eigenvalue weighted by Gasteiger charge is 2.32. The lowest BCUT2D eigenvalue weighted by atomic mass is 9.92. The number of phenolic OH excluding ortho intramolecular Hbond substituents is 1. The number of halogens is 1. The molecule has 0 aromatic heterocycles. The Morgan fingerprint density at radius 3 is 2.47 bits per heavy atom. The highest BCUT2D eigenvalue weighted by molar-refractivity contribution is 7.80. The molecule has 0 heterocycles. The van der Waals surface area contributed by atoms with E-state index in [0.717, 1.165) is 0 Å². The fraction of sp³-hybridized carbons (Fsp3) is 0.385. The fourth-order valence-corrected chi connectivity index (χ4v) is 2.32. The van der Waals surface area contributed by atoms with E-state index in [1.807, 2.05) is 13.8 Å². The van der Waals surface area contributed by atoms with E-state index in [2.05, 4.69) is 5.32 Å². The maximum atomic E-state index is 12.2. The van der Waals surface area contributed by atoms with Crippen molar-refractivity contribution < 1.29 is 9.90 Å². The van der Waals surface area contributed by atoms with Crippen LogP contribution in [0.4, 0.5) is 0 Å². The number of hydrogen-bond acceptors (Lipinski definition) is 3. The van der Waals surface area contributed by atoms with E-state index in [-0.39, 0.29) is 16.3 Å². The monoisotopic (exact) mass is 300 g/mol. The molecule has 0 fully saturated rings. The first-order chi connectivity index (χ1) is 8.86. The minimum atomic E-state index is -0.738. The van der Waals surface area contributed by atoms with Gasteiger partial charge in [0.05, 0.1) is 16.1 Å². The zero-order valence-corrected chi connectivity index (χ0v) is 12.4. The van der Waals surface area contributed by atoms with Crippen LogP contribution in [0.15, 0.2) is 18.2 Å². The molecule has 0 aliphatic carbocycles. The molecule has 104 valence electrons. The number of carbonyl (C=O) groups is 1. The van der Waals surface area contributed by atoms with Gasteiger partial charge in [0.1, 0.15) is 5.75 Å². The number of aromatic hydroxyl groups is 1. The van der Waals surface area contributed by atoms with E-state index in [9.17, 15) is 9.90 Å². The Morgan fingerprint density at radius 2 is 2.05 bits per heavy atom. The lowest BCUT2D eigenvalue weighted by Gasteiger charge is -2.31. The third-order valence-electron chi connectivity index (χ3n) is 3.24. The van der Waals surface area contributed by atoms with Crippen LogP contribution in [0, 0.1) is 0 Å². The SMILES string of the molecule is CCC(CC)(NC(=O)c1ccc(Cl)cc1O)C(N)=S. The van der Waals surface area contributed by atoms with Crippen molar-refractivity contribution in [3.63, 3.8) is 0 Å². The fourth-order valence-electron chi connectivity index (χ4n) is 1.82. The second kappa shape index (κ2) is 6.21. The summed E-state index contributed by atoms with van der Waals surface area (Å²) < 4.78 is 0. The van der Waals surface area contributed by atoms with E-state index in [1.165, 1.54) is 18.2 Å². The molecule has 0 bridgehead atoms. The first-order valence-corrected chi connectivity index (χ1v) is 6.76. The normalized spacial score (nSPS) is 11.1. The van der Waals surface area contributed by atoms with Crippen LogP contribution in [0.25, 0.3) is 0 Å². The second-order valence-electron chi connectivity index (χ2n) is 4.27. The van der Waals surface area contributed by atoms with Crippen LogP contribution in [0.5, 0.6) is 5.75 Å². The van der Waals surface area contributed by atoms with Crippen molar-refractivity contribution in [1.29, 1.82) is 0 Å². The minimum absolute atomic E-state index is 0.145. The summed E-state index contributed by atoms with van der Waals surface area (Å²) in [6, 6.07) is 4.32. The van der Waals surface area contributed by atoms with Crippen LogP contribution >= 0.6 is 23.8 Å². The van der Waals surface area contributed by atoms with E-state index in [0.29, 0.717) is 17.9 Å².